The van der Waals surface area contributed by atoms with Crippen LogP contribution in [0.5, 0.6) is 0 Å². The summed E-state index contributed by atoms with van der Waals surface area (Å²) in [6.07, 6.45) is 3.27. The van der Waals surface area contributed by atoms with Crippen molar-refractivity contribution < 1.29 is 5.21 Å². The lowest BCUT2D eigenvalue weighted by molar-refractivity contribution is 0.111. The maximum atomic E-state index is 8.62. The average molecular weight is 145 g/mol. The van der Waals surface area contributed by atoms with Crippen LogP contribution >= 0.6 is 0 Å². The minimum absolute atomic E-state index is 0.287. The Morgan fingerprint density at radius 2 is 1.90 bits per heavy atom. The lowest BCUT2D eigenvalue weighted by atomic mass is 9.98. The molecule has 0 rings (SSSR count). The fraction of sp³-hybridized carbons (Fsp3) is 1.00. The van der Waals surface area contributed by atoms with Gasteiger partial charge in [0.05, 0.1) is 0 Å². The molecular weight excluding hydrogens is 126 g/mol. The van der Waals surface area contributed by atoms with Crippen LogP contribution in [0.15, 0.2) is 0 Å². The Bertz CT molecular complexity index is 71.7. The summed E-state index contributed by atoms with van der Waals surface area (Å²) in [5.41, 5.74) is 2.32. The summed E-state index contributed by atoms with van der Waals surface area (Å²) >= 11 is 0. The van der Waals surface area contributed by atoms with Gasteiger partial charge in [0.25, 0.3) is 0 Å². The molecule has 2 nitrogen and oxygen atoms in total. The molecule has 0 bridgehead atoms. The minimum atomic E-state index is 0.287. The Balaban J connectivity index is 3.41. The molecule has 0 aromatic rings. The van der Waals surface area contributed by atoms with Crippen LogP contribution in [-0.4, -0.2) is 11.2 Å². The summed E-state index contributed by atoms with van der Waals surface area (Å²) in [6.45, 7) is 6.46. The van der Waals surface area contributed by atoms with Gasteiger partial charge in [0.2, 0.25) is 0 Å². The van der Waals surface area contributed by atoms with Crippen LogP contribution in [0.1, 0.15) is 40.0 Å². The first-order valence-corrected chi connectivity index (χ1v) is 4.14. The molecule has 0 saturated carbocycles. The van der Waals surface area contributed by atoms with Crippen LogP contribution in [-0.2, 0) is 0 Å². The number of rotatable bonds is 5. The molecule has 2 unspecified atom stereocenters. The predicted octanol–water partition coefficient (Wildman–Crippen LogP) is 2.18. The number of nitrogens with one attached hydrogen (secondary N) is 1. The first-order chi connectivity index (χ1) is 4.74. The van der Waals surface area contributed by atoms with Gasteiger partial charge in [-0.3, -0.25) is 0 Å². The smallest absolute Gasteiger partial charge is 0.0319 e. The van der Waals surface area contributed by atoms with Gasteiger partial charge >= 0.3 is 0 Å². The van der Waals surface area contributed by atoms with Crippen molar-refractivity contribution in [1.29, 1.82) is 0 Å². The highest BCUT2D eigenvalue weighted by Gasteiger charge is 2.07. The minimum Gasteiger partial charge on any atom is -0.317 e. The van der Waals surface area contributed by atoms with Gasteiger partial charge in [-0.1, -0.05) is 27.2 Å². The van der Waals surface area contributed by atoms with Gasteiger partial charge in [0, 0.05) is 6.04 Å². The van der Waals surface area contributed by atoms with E-state index in [9.17, 15) is 0 Å². The van der Waals surface area contributed by atoms with Crippen LogP contribution in [0.2, 0.25) is 0 Å². The topological polar surface area (TPSA) is 32.3 Å². The first-order valence-electron chi connectivity index (χ1n) is 4.14. The standard InChI is InChI=1S/C8H19NO/c1-4-7(3)6-8(5-2)9-10/h7-10H,4-6H2,1-3H3. The van der Waals surface area contributed by atoms with Gasteiger partial charge in [-0.2, -0.15) is 0 Å². The molecule has 2 N–H and O–H groups in total. The molecule has 0 heterocycles. The molecule has 0 spiro atoms. The molecule has 2 atom stereocenters. The lowest BCUT2D eigenvalue weighted by Crippen LogP contribution is -2.26. The SMILES string of the molecule is CCC(C)CC(CC)NO. The maximum absolute atomic E-state index is 8.62. The number of hydroxylamine groups is 1. The van der Waals surface area contributed by atoms with E-state index in [1.165, 1.54) is 6.42 Å². The average Bonchev–Trinajstić information content (AvgIpc) is 1.99. The molecule has 0 aliphatic heterocycles. The third-order valence-corrected chi connectivity index (χ3v) is 2.06. The maximum Gasteiger partial charge on any atom is 0.0319 e. The quantitative estimate of drug-likeness (QED) is 0.581. The van der Waals surface area contributed by atoms with Crippen molar-refractivity contribution in [2.75, 3.05) is 0 Å². The Labute approximate surface area is 63.6 Å². The van der Waals surface area contributed by atoms with E-state index in [1.807, 2.05) is 0 Å². The molecule has 10 heavy (non-hydrogen) atoms. The largest absolute Gasteiger partial charge is 0.317 e. The van der Waals surface area contributed by atoms with E-state index in [0.29, 0.717) is 5.92 Å². The van der Waals surface area contributed by atoms with Crippen molar-refractivity contribution in [3.63, 3.8) is 0 Å². The molecule has 0 aliphatic rings. The fourth-order valence-corrected chi connectivity index (χ4v) is 0.963. The van der Waals surface area contributed by atoms with Crippen LogP contribution in [0, 0.1) is 5.92 Å². The highest BCUT2D eigenvalue weighted by molar-refractivity contribution is 4.63. The highest BCUT2D eigenvalue weighted by Crippen LogP contribution is 2.10. The number of hydrogen-bond acceptors (Lipinski definition) is 2. The van der Waals surface area contributed by atoms with Crippen molar-refractivity contribution in [2.24, 2.45) is 5.92 Å². The van der Waals surface area contributed by atoms with Crippen LogP contribution < -0.4 is 5.48 Å². The third-order valence-electron chi connectivity index (χ3n) is 2.06. The van der Waals surface area contributed by atoms with Crippen molar-refractivity contribution in [1.82, 2.24) is 5.48 Å². The van der Waals surface area contributed by atoms with Gasteiger partial charge in [0.1, 0.15) is 0 Å². The van der Waals surface area contributed by atoms with Crippen molar-refractivity contribution in [2.45, 2.75) is 46.1 Å². The van der Waals surface area contributed by atoms with Crippen molar-refractivity contribution in [3.8, 4) is 0 Å². The molecule has 0 amide bonds. The Hall–Kier alpha value is -0.0800. The lowest BCUT2D eigenvalue weighted by Gasteiger charge is -2.16. The summed E-state index contributed by atoms with van der Waals surface area (Å²) in [5.74, 6) is 0.713. The van der Waals surface area contributed by atoms with Gasteiger partial charge in [0.15, 0.2) is 0 Å². The van der Waals surface area contributed by atoms with E-state index >= 15 is 0 Å². The molecule has 0 aromatic heterocycles. The molecule has 0 saturated heterocycles. The third kappa shape index (κ3) is 3.85. The highest BCUT2D eigenvalue weighted by atomic mass is 16.5. The molecule has 0 aromatic carbocycles. The second-order valence-electron chi connectivity index (χ2n) is 2.98. The molecule has 0 fully saturated rings. The van der Waals surface area contributed by atoms with Gasteiger partial charge < -0.3 is 5.21 Å². The second-order valence-corrected chi connectivity index (χ2v) is 2.98. The molecule has 0 aliphatic carbocycles. The molecule has 0 radical (unpaired) electrons. The predicted molar refractivity (Wildman–Crippen MR) is 43.1 cm³/mol. The van der Waals surface area contributed by atoms with Gasteiger partial charge in [-0.25, -0.2) is 5.48 Å². The summed E-state index contributed by atoms with van der Waals surface area (Å²) in [5, 5.41) is 8.62. The molecule has 62 valence electrons. The first kappa shape index (κ1) is 9.92. The van der Waals surface area contributed by atoms with Crippen molar-refractivity contribution in [3.05, 3.63) is 0 Å². The van der Waals surface area contributed by atoms with E-state index in [4.69, 9.17) is 5.21 Å². The zero-order valence-corrected chi connectivity index (χ0v) is 7.22. The van der Waals surface area contributed by atoms with E-state index in [2.05, 4.69) is 26.3 Å². The van der Waals surface area contributed by atoms with Crippen LogP contribution in [0.25, 0.3) is 0 Å². The van der Waals surface area contributed by atoms with E-state index in [1.54, 1.807) is 0 Å². The normalized spacial score (nSPS) is 16.8. The summed E-state index contributed by atoms with van der Waals surface area (Å²) < 4.78 is 0. The van der Waals surface area contributed by atoms with Gasteiger partial charge in [-0.05, 0) is 18.8 Å². The molecular formula is C8H19NO. The van der Waals surface area contributed by atoms with Crippen LogP contribution in [0.3, 0.4) is 0 Å². The fourth-order valence-electron chi connectivity index (χ4n) is 0.963. The number of hydrogen-bond donors (Lipinski definition) is 2. The second kappa shape index (κ2) is 5.69. The summed E-state index contributed by atoms with van der Waals surface area (Å²) in [4.78, 5) is 0. The zero-order valence-electron chi connectivity index (χ0n) is 7.22. The van der Waals surface area contributed by atoms with E-state index in [0.717, 1.165) is 12.8 Å². The van der Waals surface area contributed by atoms with Crippen molar-refractivity contribution >= 4 is 0 Å². The van der Waals surface area contributed by atoms with Gasteiger partial charge in [-0.15, -0.1) is 0 Å². The summed E-state index contributed by atoms with van der Waals surface area (Å²) in [7, 11) is 0. The molecule has 2 heteroatoms. The zero-order chi connectivity index (χ0) is 7.98. The van der Waals surface area contributed by atoms with E-state index < -0.39 is 0 Å². The Morgan fingerprint density at radius 3 is 2.20 bits per heavy atom. The Morgan fingerprint density at radius 1 is 1.30 bits per heavy atom. The van der Waals surface area contributed by atoms with E-state index in [-0.39, 0.29) is 6.04 Å². The monoisotopic (exact) mass is 145 g/mol. The summed E-state index contributed by atoms with van der Waals surface area (Å²) in [6, 6.07) is 0.287. The van der Waals surface area contributed by atoms with Crippen LogP contribution in [0.4, 0.5) is 0 Å². The Kier molecular flexibility index (Phi) is 5.64.